The zero-order valence-corrected chi connectivity index (χ0v) is 21.0. The number of amides is 1. The van der Waals surface area contributed by atoms with E-state index in [1.807, 2.05) is 31.2 Å². The predicted molar refractivity (Wildman–Crippen MR) is 134 cm³/mol. The second-order valence-electron chi connectivity index (χ2n) is 6.99. The number of rotatable bonds is 8. The van der Waals surface area contributed by atoms with Crippen LogP contribution >= 0.6 is 27.5 Å². The average molecular weight is 551 g/mol. The molecule has 0 aliphatic rings. The molecule has 33 heavy (non-hydrogen) atoms. The molecule has 1 N–H and O–H groups in total. The van der Waals surface area contributed by atoms with Crippen molar-refractivity contribution in [3.05, 3.63) is 87.4 Å². The van der Waals surface area contributed by atoms with Gasteiger partial charge < -0.3 is 4.74 Å². The molecule has 3 rings (SSSR count). The molecule has 0 aliphatic carbocycles. The van der Waals surface area contributed by atoms with Crippen molar-refractivity contribution in [3.8, 4) is 5.75 Å². The van der Waals surface area contributed by atoms with Crippen LogP contribution in [0.15, 0.2) is 81.2 Å². The standard InChI is InChI=1S/C23H21BrClN3O4S/c1-16-3-10-20(11-4-16)33(30,31)28(21-13-19(25)9-12-22(21)32-2)15-23(29)27-26-14-17-5-7-18(24)8-6-17/h3-14H,15H2,1-2H3,(H,27,29)/b26-14-. The number of carbonyl (C=O) groups excluding carboxylic acids is 1. The zero-order valence-electron chi connectivity index (χ0n) is 17.8. The fourth-order valence-electron chi connectivity index (χ4n) is 2.89. The first kappa shape index (κ1) is 24.8. The van der Waals surface area contributed by atoms with Gasteiger partial charge in [0.2, 0.25) is 0 Å². The van der Waals surface area contributed by atoms with E-state index in [2.05, 4.69) is 26.5 Å². The summed E-state index contributed by atoms with van der Waals surface area (Å²) in [7, 11) is -2.71. The molecule has 0 saturated carbocycles. The Morgan fingerprint density at radius 3 is 2.42 bits per heavy atom. The van der Waals surface area contributed by atoms with E-state index in [1.165, 1.54) is 31.5 Å². The Morgan fingerprint density at radius 1 is 1.12 bits per heavy atom. The van der Waals surface area contributed by atoms with E-state index in [0.29, 0.717) is 5.02 Å². The lowest BCUT2D eigenvalue weighted by Crippen LogP contribution is -2.39. The molecule has 3 aromatic rings. The number of hydrogen-bond acceptors (Lipinski definition) is 5. The molecule has 7 nitrogen and oxygen atoms in total. The molecule has 0 saturated heterocycles. The minimum Gasteiger partial charge on any atom is -0.495 e. The molecule has 10 heteroatoms. The van der Waals surface area contributed by atoms with Crippen LogP contribution in [0.3, 0.4) is 0 Å². The number of ether oxygens (including phenoxy) is 1. The van der Waals surface area contributed by atoms with Gasteiger partial charge in [0.25, 0.3) is 15.9 Å². The molecule has 0 aliphatic heterocycles. The van der Waals surface area contributed by atoms with E-state index in [4.69, 9.17) is 16.3 Å². The Hall–Kier alpha value is -2.88. The van der Waals surface area contributed by atoms with Crippen molar-refractivity contribution < 1.29 is 17.9 Å². The highest BCUT2D eigenvalue weighted by Crippen LogP contribution is 2.34. The highest BCUT2D eigenvalue weighted by Gasteiger charge is 2.29. The second kappa shape index (κ2) is 10.8. The summed E-state index contributed by atoms with van der Waals surface area (Å²) < 4.78 is 34.2. The second-order valence-corrected chi connectivity index (χ2v) is 10.2. The number of nitrogens with zero attached hydrogens (tertiary/aromatic N) is 2. The Morgan fingerprint density at radius 2 is 1.79 bits per heavy atom. The van der Waals surface area contributed by atoms with Gasteiger partial charge in [-0.15, -0.1) is 0 Å². The normalized spacial score (nSPS) is 11.4. The van der Waals surface area contributed by atoms with Gasteiger partial charge in [-0.25, -0.2) is 13.8 Å². The van der Waals surface area contributed by atoms with Crippen molar-refractivity contribution in [1.82, 2.24) is 5.43 Å². The van der Waals surface area contributed by atoms with Crippen molar-refractivity contribution in [2.75, 3.05) is 18.0 Å². The lowest BCUT2D eigenvalue weighted by molar-refractivity contribution is -0.119. The van der Waals surface area contributed by atoms with Crippen LogP contribution in [0.1, 0.15) is 11.1 Å². The number of sulfonamides is 1. The van der Waals surface area contributed by atoms with Gasteiger partial charge in [0, 0.05) is 9.50 Å². The topological polar surface area (TPSA) is 88.1 Å². The minimum absolute atomic E-state index is 0.0290. The predicted octanol–water partition coefficient (Wildman–Crippen LogP) is 4.77. The summed E-state index contributed by atoms with van der Waals surface area (Å²) in [6.45, 7) is 1.32. The van der Waals surface area contributed by atoms with Crippen LogP contribution in [0.2, 0.25) is 5.02 Å². The van der Waals surface area contributed by atoms with Crippen molar-refractivity contribution in [2.45, 2.75) is 11.8 Å². The summed E-state index contributed by atoms with van der Waals surface area (Å²) >= 11 is 9.48. The number of aryl methyl sites for hydroxylation is 1. The number of hydrazone groups is 1. The molecule has 0 unspecified atom stereocenters. The molecule has 0 aromatic heterocycles. The van der Waals surface area contributed by atoms with Gasteiger partial charge in [-0.2, -0.15) is 5.10 Å². The lowest BCUT2D eigenvalue weighted by Gasteiger charge is -2.25. The molecule has 0 bridgehead atoms. The molecule has 0 heterocycles. The van der Waals surface area contributed by atoms with Crippen LogP contribution in [0.5, 0.6) is 5.75 Å². The third-order valence-corrected chi connectivity index (χ3v) is 7.12. The summed E-state index contributed by atoms with van der Waals surface area (Å²) in [6.07, 6.45) is 1.46. The maximum absolute atomic E-state index is 13.5. The first-order valence-electron chi connectivity index (χ1n) is 9.71. The minimum atomic E-state index is -4.12. The number of benzene rings is 3. The highest BCUT2D eigenvalue weighted by atomic mass is 79.9. The SMILES string of the molecule is COc1ccc(Cl)cc1N(CC(=O)N/N=C\c1ccc(Br)cc1)S(=O)(=O)c1ccc(C)cc1. The Balaban J connectivity index is 1.92. The van der Waals surface area contributed by atoms with Gasteiger partial charge in [0.05, 0.1) is 23.9 Å². The number of hydrogen-bond donors (Lipinski definition) is 1. The number of anilines is 1. The highest BCUT2D eigenvalue weighted by molar-refractivity contribution is 9.10. The van der Waals surface area contributed by atoms with E-state index in [-0.39, 0.29) is 16.3 Å². The summed E-state index contributed by atoms with van der Waals surface area (Å²) in [6, 6.07) is 18.2. The Kier molecular flexibility index (Phi) is 8.12. The Labute approximate surface area is 206 Å². The van der Waals surface area contributed by atoms with Gasteiger partial charge in [-0.3, -0.25) is 9.10 Å². The third-order valence-electron chi connectivity index (χ3n) is 4.58. The van der Waals surface area contributed by atoms with Gasteiger partial charge in [-0.05, 0) is 55.0 Å². The number of nitrogens with one attached hydrogen (secondary N) is 1. The first-order chi connectivity index (χ1) is 15.7. The van der Waals surface area contributed by atoms with E-state index in [1.54, 1.807) is 24.3 Å². The summed E-state index contributed by atoms with van der Waals surface area (Å²) in [4.78, 5) is 12.7. The molecule has 0 radical (unpaired) electrons. The quantitative estimate of drug-likeness (QED) is 0.323. The molecule has 0 spiro atoms. The van der Waals surface area contributed by atoms with Crippen LogP contribution in [0.4, 0.5) is 5.69 Å². The Bertz CT molecular complexity index is 1260. The maximum Gasteiger partial charge on any atom is 0.264 e. The van der Waals surface area contributed by atoms with Crippen molar-refractivity contribution >= 4 is 55.4 Å². The zero-order chi connectivity index (χ0) is 24.0. The summed E-state index contributed by atoms with van der Waals surface area (Å²) in [5.41, 5.74) is 4.17. The lowest BCUT2D eigenvalue weighted by atomic mass is 10.2. The number of carbonyl (C=O) groups is 1. The fraction of sp³-hybridized carbons (Fsp3) is 0.130. The first-order valence-corrected chi connectivity index (χ1v) is 12.3. The van der Waals surface area contributed by atoms with Crippen LogP contribution in [-0.2, 0) is 14.8 Å². The summed E-state index contributed by atoms with van der Waals surface area (Å²) in [5, 5.41) is 4.22. The molecule has 0 atom stereocenters. The van der Waals surface area contributed by atoms with E-state index in [0.717, 1.165) is 19.9 Å². The van der Waals surface area contributed by atoms with Crippen LogP contribution in [0, 0.1) is 6.92 Å². The third kappa shape index (κ3) is 6.34. The molecule has 3 aromatic carbocycles. The fourth-order valence-corrected chi connectivity index (χ4v) is 4.74. The van der Waals surface area contributed by atoms with Gasteiger partial charge in [-0.1, -0.05) is 57.4 Å². The van der Waals surface area contributed by atoms with Gasteiger partial charge >= 0.3 is 0 Å². The number of halogens is 2. The van der Waals surface area contributed by atoms with Gasteiger partial charge in [0.15, 0.2) is 0 Å². The maximum atomic E-state index is 13.5. The van der Waals surface area contributed by atoms with Gasteiger partial charge in [0.1, 0.15) is 12.3 Å². The molecule has 0 fully saturated rings. The molecular formula is C23H21BrClN3O4S. The monoisotopic (exact) mass is 549 g/mol. The molecule has 1 amide bonds. The van der Waals surface area contributed by atoms with Crippen molar-refractivity contribution in [3.63, 3.8) is 0 Å². The van der Waals surface area contributed by atoms with Crippen LogP contribution in [0.25, 0.3) is 0 Å². The molecular weight excluding hydrogens is 530 g/mol. The molecule has 172 valence electrons. The van der Waals surface area contributed by atoms with E-state index >= 15 is 0 Å². The summed E-state index contributed by atoms with van der Waals surface area (Å²) in [5.74, 6) is -0.387. The average Bonchev–Trinajstić information content (AvgIpc) is 2.79. The number of methoxy groups -OCH3 is 1. The smallest absolute Gasteiger partial charge is 0.264 e. The largest absolute Gasteiger partial charge is 0.495 e. The van der Waals surface area contributed by atoms with Crippen LogP contribution in [-0.4, -0.2) is 34.2 Å². The van der Waals surface area contributed by atoms with E-state index < -0.39 is 22.5 Å². The van der Waals surface area contributed by atoms with Crippen molar-refractivity contribution in [2.24, 2.45) is 5.10 Å². The van der Waals surface area contributed by atoms with Crippen molar-refractivity contribution in [1.29, 1.82) is 0 Å². The van der Waals surface area contributed by atoms with E-state index in [9.17, 15) is 13.2 Å². The van der Waals surface area contributed by atoms with Crippen LogP contribution < -0.4 is 14.5 Å².